The lowest BCUT2D eigenvalue weighted by Gasteiger charge is -2.21. The van der Waals surface area contributed by atoms with Gasteiger partial charge in [0, 0.05) is 32.1 Å². The largest absolute Gasteiger partial charge is 0.354 e. The van der Waals surface area contributed by atoms with Crippen LogP contribution in [0.1, 0.15) is 105 Å². The molecule has 1 amide bonds. The van der Waals surface area contributed by atoms with Crippen LogP contribution in [-0.4, -0.2) is 49.6 Å². The molecule has 0 radical (unpaired) electrons. The Morgan fingerprint density at radius 2 is 1.44 bits per heavy atom. The summed E-state index contributed by atoms with van der Waals surface area (Å²) in [6.45, 7) is 13.6. The topological polar surface area (TPSA) is 44.4 Å². The van der Waals surface area contributed by atoms with Crippen LogP contribution in [0.15, 0.2) is 0 Å². The van der Waals surface area contributed by atoms with Crippen molar-refractivity contribution in [3.63, 3.8) is 0 Å². The van der Waals surface area contributed by atoms with Gasteiger partial charge in [-0.25, -0.2) is 0 Å². The Balaban J connectivity index is 3.54. The summed E-state index contributed by atoms with van der Waals surface area (Å²) in [7, 11) is 0. The van der Waals surface area contributed by atoms with Gasteiger partial charge in [-0.1, -0.05) is 85.0 Å². The number of carbonyl (C=O) groups excluding carboxylic acids is 1. The molecule has 2 N–H and O–H groups in total. The average Bonchev–Trinajstić information content (AvgIpc) is 2.66. The van der Waals surface area contributed by atoms with Gasteiger partial charge in [-0.2, -0.15) is 0 Å². The van der Waals surface area contributed by atoms with Gasteiger partial charge in [-0.15, -0.1) is 0 Å². The van der Waals surface area contributed by atoms with Crippen molar-refractivity contribution in [2.75, 3.05) is 32.7 Å². The van der Waals surface area contributed by atoms with Crippen LogP contribution in [0.2, 0.25) is 0 Å². The lowest BCUT2D eigenvalue weighted by atomic mass is 10.0. The van der Waals surface area contributed by atoms with Crippen molar-refractivity contribution < 1.29 is 4.79 Å². The van der Waals surface area contributed by atoms with Crippen molar-refractivity contribution in [1.82, 2.24) is 15.5 Å². The van der Waals surface area contributed by atoms with Gasteiger partial charge in [0.05, 0.1) is 0 Å². The predicted molar refractivity (Wildman–Crippen MR) is 119 cm³/mol. The van der Waals surface area contributed by atoms with E-state index in [1.54, 1.807) is 0 Å². The predicted octanol–water partition coefficient (Wildman–Crippen LogP) is 5.12. The zero-order valence-electron chi connectivity index (χ0n) is 19.0. The third-order valence-corrected chi connectivity index (χ3v) is 5.36. The van der Waals surface area contributed by atoms with E-state index in [4.69, 9.17) is 0 Å². The van der Waals surface area contributed by atoms with Crippen LogP contribution in [0.25, 0.3) is 0 Å². The van der Waals surface area contributed by atoms with E-state index in [-0.39, 0.29) is 5.91 Å². The minimum Gasteiger partial charge on any atom is -0.354 e. The number of hydrogen-bond acceptors (Lipinski definition) is 3. The fourth-order valence-electron chi connectivity index (χ4n) is 3.46. The van der Waals surface area contributed by atoms with Gasteiger partial charge in [0.25, 0.3) is 0 Å². The minimum atomic E-state index is 0.205. The van der Waals surface area contributed by atoms with Gasteiger partial charge in [0.2, 0.25) is 5.91 Å². The number of nitrogens with one attached hydrogen (secondary N) is 2. The van der Waals surface area contributed by atoms with E-state index < -0.39 is 0 Å². The molecular formula is C23H49N3O. The molecule has 0 aliphatic heterocycles. The van der Waals surface area contributed by atoms with Gasteiger partial charge < -0.3 is 15.5 Å². The second-order valence-corrected chi connectivity index (χ2v) is 7.98. The van der Waals surface area contributed by atoms with Crippen molar-refractivity contribution in [3.05, 3.63) is 0 Å². The summed E-state index contributed by atoms with van der Waals surface area (Å²) in [5.74, 6) is 0.205. The van der Waals surface area contributed by atoms with Crippen molar-refractivity contribution in [2.24, 2.45) is 0 Å². The Morgan fingerprint density at radius 1 is 0.852 bits per heavy atom. The third kappa shape index (κ3) is 18.5. The van der Waals surface area contributed by atoms with Crippen LogP contribution in [0.5, 0.6) is 0 Å². The van der Waals surface area contributed by atoms with Crippen molar-refractivity contribution in [3.8, 4) is 0 Å². The normalized spacial score (nSPS) is 12.5. The summed E-state index contributed by atoms with van der Waals surface area (Å²) in [5.41, 5.74) is 0. The maximum atomic E-state index is 12.1. The molecule has 0 bridgehead atoms. The first-order chi connectivity index (χ1) is 13.1. The quantitative estimate of drug-likeness (QED) is 0.287. The number of nitrogens with zero attached hydrogens (tertiary/aromatic N) is 1. The van der Waals surface area contributed by atoms with Crippen LogP contribution < -0.4 is 10.6 Å². The molecule has 1 unspecified atom stereocenters. The van der Waals surface area contributed by atoms with Gasteiger partial charge >= 0.3 is 0 Å². The number of carbonyl (C=O) groups is 1. The Labute approximate surface area is 170 Å². The zero-order valence-corrected chi connectivity index (χ0v) is 19.0. The summed E-state index contributed by atoms with van der Waals surface area (Å²) < 4.78 is 0. The van der Waals surface area contributed by atoms with Gasteiger partial charge in [-0.3, -0.25) is 4.79 Å². The van der Waals surface area contributed by atoms with E-state index in [1.165, 1.54) is 64.2 Å². The lowest BCUT2D eigenvalue weighted by Crippen LogP contribution is -2.37. The second-order valence-electron chi connectivity index (χ2n) is 7.98. The number of rotatable bonds is 20. The number of likely N-dealkylation sites (N-methyl/N-ethyl adjacent to an activating group) is 2. The first-order valence-corrected chi connectivity index (χ1v) is 11.9. The molecular weight excluding hydrogens is 334 g/mol. The molecule has 0 aliphatic carbocycles. The van der Waals surface area contributed by atoms with E-state index >= 15 is 0 Å². The van der Waals surface area contributed by atoms with Crippen LogP contribution in [0, 0.1) is 0 Å². The summed E-state index contributed by atoms with van der Waals surface area (Å²) in [5, 5.41) is 6.52. The highest BCUT2D eigenvalue weighted by Crippen LogP contribution is 2.12. The molecule has 0 aromatic rings. The van der Waals surface area contributed by atoms with Crippen LogP contribution in [-0.2, 0) is 4.79 Å². The smallest absolute Gasteiger partial charge is 0.221 e. The summed E-state index contributed by atoms with van der Waals surface area (Å²) in [4.78, 5) is 14.5. The Hall–Kier alpha value is -0.610. The monoisotopic (exact) mass is 383 g/mol. The zero-order chi connectivity index (χ0) is 20.2. The SMILES string of the molecule is CCCCCCCCCCCCC(C)NC(=O)CCN(CC)CCNCC. The molecule has 162 valence electrons. The first-order valence-electron chi connectivity index (χ1n) is 11.9. The van der Waals surface area contributed by atoms with E-state index in [0.717, 1.165) is 39.1 Å². The highest BCUT2D eigenvalue weighted by atomic mass is 16.1. The van der Waals surface area contributed by atoms with E-state index in [9.17, 15) is 4.79 Å². The van der Waals surface area contributed by atoms with Crippen molar-refractivity contribution >= 4 is 5.91 Å². The van der Waals surface area contributed by atoms with Crippen LogP contribution in [0.3, 0.4) is 0 Å². The second kappa shape index (κ2) is 20.1. The number of unbranched alkanes of at least 4 members (excludes halogenated alkanes) is 9. The molecule has 27 heavy (non-hydrogen) atoms. The molecule has 0 aliphatic rings. The van der Waals surface area contributed by atoms with Gasteiger partial charge in [0.1, 0.15) is 0 Å². The maximum Gasteiger partial charge on any atom is 0.221 e. The molecule has 0 spiro atoms. The Morgan fingerprint density at radius 3 is 2.00 bits per heavy atom. The lowest BCUT2D eigenvalue weighted by molar-refractivity contribution is -0.122. The molecule has 4 nitrogen and oxygen atoms in total. The Bertz CT molecular complexity index is 323. The van der Waals surface area contributed by atoms with Crippen LogP contribution >= 0.6 is 0 Å². The molecule has 0 saturated heterocycles. The van der Waals surface area contributed by atoms with E-state index in [2.05, 4.69) is 43.2 Å². The molecule has 1 atom stereocenters. The third-order valence-electron chi connectivity index (χ3n) is 5.36. The molecule has 0 aromatic carbocycles. The highest BCUT2D eigenvalue weighted by molar-refractivity contribution is 5.76. The molecule has 0 fully saturated rings. The number of hydrogen-bond donors (Lipinski definition) is 2. The molecule has 0 saturated carbocycles. The van der Waals surface area contributed by atoms with Gasteiger partial charge in [0.15, 0.2) is 0 Å². The Kier molecular flexibility index (Phi) is 19.7. The van der Waals surface area contributed by atoms with E-state index in [1.807, 2.05) is 0 Å². The first kappa shape index (κ1) is 26.4. The fraction of sp³-hybridized carbons (Fsp3) is 0.957. The summed E-state index contributed by atoms with van der Waals surface area (Å²) in [6.07, 6.45) is 15.4. The summed E-state index contributed by atoms with van der Waals surface area (Å²) in [6, 6.07) is 0.309. The van der Waals surface area contributed by atoms with E-state index in [0.29, 0.717) is 12.5 Å². The standard InChI is InChI=1S/C23H49N3O/c1-5-8-9-10-11-12-13-14-15-16-17-22(4)25-23(27)18-20-26(7-3)21-19-24-6-2/h22,24H,5-21H2,1-4H3,(H,25,27). The molecule has 0 rings (SSSR count). The van der Waals surface area contributed by atoms with Crippen LogP contribution in [0.4, 0.5) is 0 Å². The average molecular weight is 384 g/mol. The molecule has 0 heterocycles. The van der Waals surface area contributed by atoms with Crippen molar-refractivity contribution in [2.45, 2.75) is 111 Å². The minimum absolute atomic E-state index is 0.205. The van der Waals surface area contributed by atoms with Gasteiger partial charge in [-0.05, 0) is 26.4 Å². The maximum absolute atomic E-state index is 12.1. The number of amides is 1. The van der Waals surface area contributed by atoms with Crippen molar-refractivity contribution in [1.29, 1.82) is 0 Å². The fourth-order valence-corrected chi connectivity index (χ4v) is 3.46. The summed E-state index contributed by atoms with van der Waals surface area (Å²) >= 11 is 0. The highest BCUT2D eigenvalue weighted by Gasteiger charge is 2.09. The molecule has 4 heteroatoms. The molecule has 0 aromatic heterocycles.